The topological polar surface area (TPSA) is 15.3 Å². The van der Waals surface area contributed by atoms with E-state index in [1.807, 2.05) is 34.7 Å². The Bertz CT molecular complexity index is 245. The van der Waals surface area contributed by atoms with Crippen molar-refractivity contribution in [2.45, 2.75) is 40.2 Å². The first-order valence-corrected chi connectivity index (χ1v) is 7.08. The number of hydrogen-bond donors (Lipinski definition) is 1. The van der Waals surface area contributed by atoms with Crippen LogP contribution in [0.5, 0.6) is 0 Å². The minimum atomic E-state index is 0.535. The Labute approximate surface area is 114 Å². The molecule has 1 unspecified atom stereocenters. The van der Waals surface area contributed by atoms with Gasteiger partial charge in [0.1, 0.15) is 0 Å². The van der Waals surface area contributed by atoms with Crippen molar-refractivity contribution >= 4 is 0 Å². The van der Waals surface area contributed by atoms with Gasteiger partial charge in [0.2, 0.25) is 0 Å². The zero-order valence-electron chi connectivity index (χ0n) is 13.3. The molecule has 0 aliphatic carbocycles. The summed E-state index contributed by atoms with van der Waals surface area (Å²) in [6.45, 7) is 9.07. The van der Waals surface area contributed by atoms with E-state index in [-0.39, 0.29) is 0 Å². The fourth-order valence-electron chi connectivity index (χ4n) is 1.60. The molecule has 0 aliphatic heterocycles. The molecule has 1 aromatic rings. The van der Waals surface area contributed by atoms with Crippen LogP contribution in [0.25, 0.3) is 0 Å². The van der Waals surface area contributed by atoms with Crippen molar-refractivity contribution in [3.63, 3.8) is 0 Å². The van der Waals surface area contributed by atoms with E-state index < -0.39 is 0 Å². The van der Waals surface area contributed by atoms with Gasteiger partial charge in [-0.1, -0.05) is 58.0 Å². The van der Waals surface area contributed by atoms with Gasteiger partial charge in [0.05, 0.1) is 0 Å². The van der Waals surface area contributed by atoms with Crippen LogP contribution < -0.4 is 5.32 Å². The fraction of sp³-hybridized carbons (Fsp3) is 0.625. The third kappa shape index (κ3) is 10.3. The van der Waals surface area contributed by atoms with Crippen LogP contribution in [-0.4, -0.2) is 38.6 Å². The number of benzene rings is 1. The molecule has 2 nitrogen and oxygen atoms in total. The van der Waals surface area contributed by atoms with Crippen LogP contribution in [0.3, 0.4) is 0 Å². The quantitative estimate of drug-likeness (QED) is 0.863. The molecule has 0 fully saturated rings. The zero-order chi connectivity index (χ0) is 14.4. The Kier molecular flexibility index (Phi) is 15.4. The lowest BCUT2D eigenvalue weighted by molar-refractivity contribution is 0.346. The van der Waals surface area contributed by atoms with Crippen LogP contribution in [0.1, 0.15) is 33.3 Å². The number of hydrogen-bond acceptors (Lipinski definition) is 2. The molecule has 0 bridgehead atoms. The van der Waals surface area contributed by atoms with Crippen LogP contribution >= 0.6 is 0 Å². The van der Waals surface area contributed by atoms with Crippen LogP contribution in [0.15, 0.2) is 30.3 Å². The molecule has 1 aromatic carbocycles. The smallest absolute Gasteiger partial charge is 0.0232 e. The summed E-state index contributed by atoms with van der Waals surface area (Å²) >= 11 is 0. The van der Waals surface area contributed by atoms with Gasteiger partial charge in [-0.15, -0.1) is 0 Å². The predicted molar refractivity (Wildman–Crippen MR) is 84.2 cm³/mol. The maximum atomic E-state index is 3.34. The lowest BCUT2D eigenvalue weighted by atomic mass is 10.1. The van der Waals surface area contributed by atoms with Gasteiger partial charge in [0, 0.05) is 12.6 Å². The monoisotopic (exact) mass is 252 g/mol. The highest BCUT2D eigenvalue weighted by Gasteiger charge is 2.07. The molecular formula is C16H32N2. The highest BCUT2D eigenvalue weighted by Crippen LogP contribution is 2.03. The largest absolute Gasteiger partial charge is 0.315 e. The number of likely N-dealkylation sites (N-methyl/N-ethyl adjacent to an activating group) is 2. The van der Waals surface area contributed by atoms with Gasteiger partial charge in [-0.2, -0.15) is 0 Å². The molecule has 0 radical (unpaired) electrons. The average Bonchev–Trinajstić information content (AvgIpc) is 2.43. The highest BCUT2D eigenvalue weighted by atomic mass is 15.1. The van der Waals surface area contributed by atoms with Crippen molar-refractivity contribution in [3.8, 4) is 0 Å². The van der Waals surface area contributed by atoms with Gasteiger partial charge < -0.3 is 10.2 Å². The first-order valence-electron chi connectivity index (χ1n) is 7.08. The van der Waals surface area contributed by atoms with Crippen molar-refractivity contribution in [1.82, 2.24) is 10.2 Å². The van der Waals surface area contributed by atoms with Gasteiger partial charge >= 0.3 is 0 Å². The van der Waals surface area contributed by atoms with Gasteiger partial charge in [-0.3, -0.25) is 0 Å². The summed E-state index contributed by atoms with van der Waals surface area (Å²) in [5.41, 5.74) is 1.40. The van der Waals surface area contributed by atoms with Crippen molar-refractivity contribution < 1.29 is 0 Å². The molecule has 0 amide bonds. The van der Waals surface area contributed by atoms with Gasteiger partial charge in [0.25, 0.3) is 0 Å². The second-order valence-electron chi connectivity index (χ2n) is 3.94. The molecule has 0 saturated heterocycles. The van der Waals surface area contributed by atoms with Crippen molar-refractivity contribution in [1.29, 1.82) is 0 Å². The van der Waals surface area contributed by atoms with E-state index in [0.717, 1.165) is 13.0 Å². The van der Waals surface area contributed by atoms with Crippen LogP contribution in [0.2, 0.25) is 0 Å². The number of nitrogens with one attached hydrogen (secondary N) is 1. The summed E-state index contributed by atoms with van der Waals surface area (Å²) in [6.07, 6.45) is 1.09. The Morgan fingerprint density at radius 1 is 1.00 bits per heavy atom. The SMILES string of the molecule is CC.CC.CNC(Cc1ccccc1)CN(C)C. The number of nitrogens with zero attached hydrogens (tertiary/aromatic N) is 1. The fourth-order valence-corrected chi connectivity index (χ4v) is 1.60. The molecule has 0 aliphatic rings. The number of rotatable bonds is 5. The molecule has 18 heavy (non-hydrogen) atoms. The van der Waals surface area contributed by atoms with Gasteiger partial charge in [-0.05, 0) is 33.1 Å². The second kappa shape index (κ2) is 14.2. The van der Waals surface area contributed by atoms with E-state index in [1.165, 1.54) is 5.56 Å². The Morgan fingerprint density at radius 3 is 1.89 bits per heavy atom. The zero-order valence-corrected chi connectivity index (χ0v) is 13.3. The third-order valence-electron chi connectivity index (χ3n) is 2.32. The maximum absolute atomic E-state index is 3.34. The average molecular weight is 252 g/mol. The van der Waals surface area contributed by atoms with Crippen molar-refractivity contribution in [2.24, 2.45) is 0 Å². The molecule has 0 saturated carbocycles. The summed E-state index contributed by atoms with van der Waals surface area (Å²) in [7, 11) is 6.24. The third-order valence-corrected chi connectivity index (χ3v) is 2.32. The summed E-state index contributed by atoms with van der Waals surface area (Å²) in [5, 5.41) is 3.34. The molecule has 0 heterocycles. The van der Waals surface area contributed by atoms with Crippen LogP contribution in [0, 0.1) is 0 Å². The summed E-state index contributed by atoms with van der Waals surface area (Å²) in [5.74, 6) is 0. The normalized spacial score (nSPS) is 10.9. The van der Waals surface area contributed by atoms with E-state index >= 15 is 0 Å². The minimum absolute atomic E-state index is 0.535. The van der Waals surface area contributed by atoms with E-state index in [2.05, 4.69) is 54.6 Å². The van der Waals surface area contributed by atoms with Crippen LogP contribution in [-0.2, 0) is 6.42 Å². The van der Waals surface area contributed by atoms with E-state index in [4.69, 9.17) is 0 Å². The Hall–Kier alpha value is -0.860. The molecule has 1 rings (SSSR count). The van der Waals surface area contributed by atoms with E-state index in [1.54, 1.807) is 0 Å². The molecular weight excluding hydrogens is 220 g/mol. The van der Waals surface area contributed by atoms with Crippen molar-refractivity contribution in [2.75, 3.05) is 27.7 Å². The lowest BCUT2D eigenvalue weighted by Crippen LogP contribution is -2.37. The molecule has 2 heteroatoms. The van der Waals surface area contributed by atoms with Crippen LogP contribution in [0.4, 0.5) is 0 Å². The van der Waals surface area contributed by atoms with Gasteiger partial charge in [-0.25, -0.2) is 0 Å². The summed E-state index contributed by atoms with van der Waals surface area (Å²) in [6, 6.07) is 11.1. The van der Waals surface area contributed by atoms with Crippen molar-refractivity contribution in [3.05, 3.63) is 35.9 Å². The first-order chi connectivity index (χ1) is 8.72. The predicted octanol–water partition coefficient (Wildman–Crippen LogP) is 3.43. The van der Waals surface area contributed by atoms with E-state index in [0.29, 0.717) is 6.04 Å². The second-order valence-corrected chi connectivity index (χ2v) is 3.94. The minimum Gasteiger partial charge on any atom is -0.315 e. The Morgan fingerprint density at radius 2 is 1.50 bits per heavy atom. The molecule has 0 spiro atoms. The maximum Gasteiger partial charge on any atom is 0.0232 e. The molecule has 0 aromatic heterocycles. The summed E-state index contributed by atoms with van der Waals surface area (Å²) in [4.78, 5) is 2.21. The Balaban J connectivity index is 0. The molecule has 1 N–H and O–H groups in total. The lowest BCUT2D eigenvalue weighted by Gasteiger charge is -2.20. The summed E-state index contributed by atoms with van der Waals surface area (Å²) < 4.78 is 0. The highest BCUT2D eigenvalue weighted by molar-refractivity contribution is 5.15. The standard InChI is InChI=1S/C12H20N2.2C2H6/c1-13-12(10-14(2)3)9-11-7-5-4-6-8-11;2*1-2/h4-8,12-13H,9-10H2,1-3H3;2*1-2H3. The van der Waals surface area contributed by atoms with E-state index in [9.17, 15) is 0 Å². The molecule has 1 atom stereocenters. The first kappa shape index (κ1) is 19.5. The van der Waals surface area contributed by atoms with Gasteiger partial charge in [0.15, 0.2) is 0 Å². The molecule has 106 valence electrons.